The summed E-state index contributed by atoms with van der Waals surface area (Å²) in [6.45, 7) is 1.75. The lowest BCUT2D eigenvalue weighted by atomic mass is 9.90. The standard InChI is InChI=1S/C17H18IN5O/c18-12-1-2-14-13(9-12)17(22-10-21-14)23-7-3-11(4-8-23)15(24)16-19-5-6-20-16/h1-2,5-6,9-11,15,24H,3-4,7-8H2,(H,19,20). The highest BCUT2D eigenvalue weighted by atomic mass is 127. The number of halogens is 1. The minimum atomic E-state index is -0.523. The lowest BCUT2D eigenvalue weighted by Gasteiger charge is -2.34. The first-order chi connectivity index (χ1) is 11.7. The molecule has 0 spiro atoms. The molecule has 3 heterocycles. The Kier molecular flexibility index (Phi) is 4.36. The second-order valence-electron chi connectivity index (χ2n) is 6.10. The molecule has 0 saturated carbocycles. The predicted molar refractivity (Wildman–Crippen MR) is 101 cm³/mol. The van der Waals surface area contributed by atoms with Gasteiger partial charge in [-0.3, -0.25) is 0 Å². The van der Waals surface area contributed by atoms with Gasteiger partial charge in [0, 0.05) is 34.4 Å². The number of H-pyrrole nitrogens is 1. The van der Waals surface area contributed by atoms with Crippen molar-refractivity contribution in [3.63, 3.8) is 0 Å². The number of rotatable bonds is 3. The van der Waals surface area contributed by atoms with E-state index in [0.717, 1.165) is 42.7 Å². The maximum absolute atomic E-state index is 10.5. The maximum Gasteiger partial charge on any atom is 0.139 e. The molecule has 2 aromatic heterocycles. The van der Waals surface area contributed by atoms with Gasteiger partial charge >= 0.3 is 0 Å². The van der Waals surface area contributed by atoms with Gasteiger partial charge in [-0.05, 0) is 59.5 Å². The monoisotopic (exact) mass is 435 g/mol. The van der Waals surface area contributed by atoms with E-state index in [2.05, 4.69) is 59.6 Å². The summed E-state index contributed by atoms with van der Waals surface area (Å²) < 4.78 is 1.18. The Hall–Kier alpha value is -1.74. The summed E-state index contributed by atoms with van der Waals surface area (Å²) in [5, 5.41) is 11.6. The van der Waals surface area contributed by atoms with Crippen LogP contribution in [0.15, 0.2) is 36.9 Å². The van der Waals surface area contributed by atoms with Crippen molar-refractivity contribution in [1.29, 1.82) is 0 Å². The zero-order valence-electron chi connectivity index (χ0n) is 13.1. The molecular formula is C17H18IN5O. The van der Waals surface area contributed by atoms with Crippen LogP contribution in [0.1, 0.15) is 24.8 Å². The van der Waals surface area contributed by atoms with E-state index in [4.69, 9.17) is 0 Å². The number of imidazole rings is 1. The molecule has 1 fully saturated rings. The van der Waals surface area contributed by atoms with Gasteiger partial charge in [0.15, 0.2) is 0 Å². The van der Waals surface area contributed by atoms with Crippen LogP contribution in [0.2, 0.25) is 0 Å². The Morgan fingerprint density at radius 1 is 1.21 bits per heavy atom. The molecule has 0 aliphatic carbocycles. The first kappa shape index (κ1) is 15.8. The SMILES string of the molecule is OC(c1ncc[nH]1)C1CCN(c2ncnc3ccc(I)cc23)CC1. The molecule has 3 aromatic rings. The molecule has 1 unspecified atom stereocenters. The number of nitrogens with one attached hydrogen (secondary N) is 1. The number of aromatic nitrogens is 4. The minimum absolute atomic E-state index is 0.223. The number of nitrogens with zero attached hydrogens (tertiary/aromatic N) is 4. The number of aliphatic hydroxyl groups excluding tert-OH is 1. The van der Waals surface area contributed by atoms with E-state index in [9.17, 15) is 5.11 Å². The summed E-state index contributed by atoms with van der Waals surface area (Å²) in [7, 11) is 0. The molecule has 0 radical (unpaired) electrons. The van der Waals surface area contributed by atoms with Crippen molar-refractivity contribution in [3.05, 3.63) is 46.3 Å². The third kappa shape index (κ3) is 2.98. The van der Waals surface area contributed by atoms with Crippen LogP contribution in [-0.2, 0) is 0 Å². The van der Waals surface area contributed by atoms with E-state index >= 15 is 0 Å². The number of hydrogen-bond donors (Lipinski definition) is 2. The summed E-state index contributed by atoms with van der Waals surface area (Å²) in [6.07, 6.45) is 6.37. The largest absolute Gasteiger partial charge is 0.385 e. The first-order valence-electron chi connectivity index (χ1n) is 8.05. The van der Waals surface area contributed by atoms with Gasteiger partial charge in [-0.25, -0.2) is 15.0 Å². The van der Waals surface area contributed by atoms with E-state index < -0.39 is 6.10 Å². The van der Waals surface area contributed by atoms with Crippen LogP contribution in [0.4, 0.5) is 5.82 Å². The van der Waals surface area contributed by atoms with E-state index in [1.807, 2.05) is 6.07 Å². The molecule has 1 aliphatic rings. The highest BCUT2D eigenvalue weighted by Gasteiger charge is 2.28. The average molecular weight is 435 g/mol. The van der Waals surface area contributed by atoms with Gasteiger partial charge < -0.3 is 15.0 Å². The van der Waals surface area contributed by atoms with E-state index in [1.54, 1.807) is 18.7 Å². The zero-order chi connectivity index (χ0) is 16.5. The second kappa shape index (κ2) is 6.64. The summed E-state index contributed by atoms with van der Waals surface area (Å²) in [4.78, 5) is 18.4. The molecule has 2 N–H and O–H groups in total. The van der Waals surface area contributed by atoms with Gasteiger partial charge in [0.2, 0.25) is 0 Å². The summed E-state index contributed by atoms with van der Waals surface area (Å²) in [5.74, 6) is 1.88. The van der Waals surface area contributed by atoms with Crippen molar-refractivity contribution >= 4 is 39.3 Å². The van der Waals surface area contributed by atoms with Gasteiger partial charge in [0.25, 0.3) is 0 Å². The van der Waals surface area contributed by atoms with Gasteiger partial charge in [-0.1, -0.05) is 0 Å². The second-order valence-corrected chi connectivity index (χ2v) is 7.35. The molecular weight excluding hydrogens is 417 g/mol. The quantitative estimate of drug-likeness (QED) is 0.619. The zero-order valence-corrected chi connectivity index (χ0v) is 15.2. The summed E-state index contributed by atoms with van der Waals surface area (Å²) in [5.41, 5.74) is 0.971. The number of anilines is 1. The molecule has 0 amide bonds. The predicted octanol–water partition coefficient (Wildman–Crippen LogP) is 2.91. The fraction of sp³-hybridized carbons (Fsp3) is 0.353. The van der Waals surface area contributed by atoms with Gasteiger partial charge in [0.1, 0.15) is 24.1 Å². The Balaban J connectivity index is 1.53. The number of hydrogen-bond acceptors (Lipinski definition) is 5. The smallest absolute Gasteiger partial charge is 0.139 e. The molecule has 124 valence electrons. The first-order valence-corrected chi connectivity index (χ1v) is 9.13. The van der Waals surface area contributed by atoms with Crippen LogP contribution in [0.25, 0.3) is 10.9 Å². The van der Waals surface area contributed by atoms with Crippen molar-refractivity contribution < 1.29 is 5.11 Å². The molecule has 0 bridgehead atoms. The van der Waals surface area contributed by atoms with Crippen LogP contribution in [0.3, 0.4) is 0 Å². The Labute approximate surface area is 153 Å². The van der Waals surface area contributed by atoms with Crippen LogP contribution in [0.5, 0.6) is 0 Å². The number of aromatic amines is 1. The van der Waals surface area contributed by atoms with Crippen LogP contribution >= 0.6 is 22.6 Å². The summed E-state index contributed by atoms with van der Waals surface area (Å²) in [6, 6.07) is 6.23. The van der Waals surface area contributed by atoms with Crippen molar-refractivity contribution in [3.8, 4) is 0 Å². The highest BCUT2D eigenvalue weighted by molar-refractivity contribution is 14.1. The van der Waals surface area contributed by atoms with Crippen LogP contribution < -0.4 is 4.90 Å². The third-order valence-electron chi connectivity index (χ3n) is 4.66. The van der Waals surface area contributed by atoms with Gasteiger partial charge in [-0.2, -0.15) is 0 Å². The molecule has 7 heteroatoms. The van der Waals surface area contributed by atoms with E-state index in [-0.39, 0.29) is 5.92 Å². The van der Waals surface area contributed by atoms with E-state index in [1.165, 1.54) is 3.57 Å². The summed E-state index contributed by atoms with van der Waals surface area (Å²) >= 11 is 2.32. The molecule has 1 atom stereocenters. The Morgan fingerprint density at radius 2 is 2.04 bits per heavy atom. The molecule has 4 rings (SSSR count). The maximum atomic E-state index is 10.5. The molecule has 1 aromatic carbocycles. The van der Waals surface area contributed by atoms with Crippen LogP contribution in [-0.4, -0.2) is 38.1 Å². The van der Waals surface area contributed by atoms with Gasteiger partial charge in [-0.15, -0.1) is 0 Å². The lowest BCUT2D eigenvalue weighted by Crippen LogP contribution is -2.36. The number of piperidine rings is 1. The Bertz CT molecular complexity index is 830. The molecule has 6 nitrogen and oxygen atoms in total. The fourth-order valence-corrected chi connectivity index (χ4v) is 3.85. The van der Waals surface area contributed by atoms with Crippen molar-refractivity contribution in [1.82, 2.24) is 19.9 Å². The minimum Gasteiger partial charge on any atom is -0.385 e. The van der Waals surface area contributed by atoms with Crippen molar-refractivity contribution in [2.45, 2.75) is 18.9 Å². The molecule has 24 heavy (non-hydrogen) atoms. The third-order valence-corrected chi connectivity index (χ3v) is 5.33. The average Bonchev–Trinajstić information content (AvgIpc) is 3.15. The van der Waals surface area contributed by atoms with E-state index in [0.29, 0.717) is 5.82 Å². The highest BCUT2D eigenvalue weighted by Crippen LogP contribution is 2.32. The molecule has 1 saturated heterocycles. The normalized spacial score (nSPS) is 17.3. The topological polar surface area (TPSA) is 77.9 Å². The molecule has 1 aliphatic heterocycles. The number of fused-ring (bicyclic) bond motifs is 1. The van der Waals surface area contributed by atoms with Crippen LogP contribution in [0, 0.1) is 9.49 Å². The lowest BCUT2D eigenvalue weighted by molar-refractivity contribution is 0.0856. The Morgan fingerprint density at radius 3 is 2.79 bits per heavy atom. The number of benzene rings is 1. The van der Waals surface area contributed by atoms with Crippen molar-refractivity contribution in [2.24, 2.45) is 5.92 Å². The fourth-order valence-electron chi connectivity index (χ4n) is 3.36. The van der Waals surface area contributed by atoms with Crippen molar-refractivity contribution in [2.75, 3.05) is 18.0 Å². The van der Waals surface area contributed by atoms with Gasteiger partial charge in [0.05, 0.1) is 5.52 Å². The number of aliphatic hydroxyl groups is 1.